The number of pyridine rings is 1. The number of benzene rings is 1. The van der Waals surface area contributed by atoms with Crippen molar-refractivity contribution in [3.8, 4) is 11.5 Å². The molecule has 0 saturated carbocycles. The third-order valence-electron chi connectivity index (χ3n) is 3.37. The number of hydrogen-bond donors (Lipinski definition) is 1. The molecule has 1 aromatic heterocycles. The summed E-state index contributed by atoms with van der Waals surface area (Å²) in [5.41, 5.74) is 8.19. The predicted molar refractivity (Wildman–Crippen MR) is 83.8 cm³/mol. The van der Waals surface area contributed by atoms with E-state index in [0.29, 0.717) is 0 Å². The number of nitrogens with zero attached hydrogens (tertiary/aromatic N) is 1. The van der Waals surface area contributed by atoms with Crippen LogP contribution in [0.4, 0.5) is 0 Å². The monoisotopic (exact) mass is 286 g/mol. The first-order chi connectivity index (χ1) is 10.0. The quantitative estimate of drug-likeness (QED) is 0.887. The fourth-order valence-electron chi connectivity index (χ4n) is 2.44. The number of rotatable bonds is 6. The van der Waals surface area contributed by atoms with E-state index in [-0.39, 0.29) is 5.54 Å². The number of nitrogens with two attached hydrogens (primary N) is 1. The second-order valence-corrected chi connectivity index (χ2v) is 5.52. The van der Waals surface area contributed by atoms with Gasteiger partial charge in [-0.2, -0.15) is 0 Å². The molecule has 0 fully saturated rings. The van der Waals surface area contributed by atoms with Crippen molar-refractivity contribution in [2.75, 3.05) is 14.2 Å². The Morgan fingerprint density at radius 1 is 1.05 bits per heavy atom. The fourth-order valence-corrected chi connectivity index (χ4v) is 2.44. The van der Waals surface area contributed by atoms with Crippen molar-refractivity contribution in [3.63, 3.8) is 0 Å². The van der Waals surface area contributed by atoms with Crippen LogP contribution in [-0.4, -0.2) is 24.7 Å². The van der Waals surface area contributed by atoms with E-state index in [1.54, 1.807) is 20.4 Å². The lowest BCUT2D eigenvalue weighted by molar-refractivity contribution is 0.354. The van der Waals surface area contributed by atoms with Gasteiger partial charge in [0.15, 0.2) is 11.5 Å². The van der Waals surface area contributed by atoms with Crippen LogP contribution in [0.25, 0.3) is 0 Å². The minimum Gasteiger partial charge on any atom is -0.493 e. The Kier molecular flexibility index (Phi) is 4.81. The molecule has 0 aliphatic rings. The van der Waals surface area contributed by atoms with E-state index in [1.807, 2.05) is 43.3 Å². The van der Waals surface area contributed by atoms with Crippen LogP contribution in [0, 0.1) is 0 Å². The summed E-state index contributed by atoms with van der Waals surface area (Å²) in [6, 6.07) is 11.8. The smallest absolute Gasteiger partial charge is 0.160 e. The van der Waals surface area contributed by atoms with Gasteiger partial charge in [0, 0.05) is 23.9 Å². The largest absolute Gasteiger partial charge is 0.493 e. The van der Waals surface area contributed by atoms with E-state index >= 15 is 0 Å². The summed E-state index contributed by atoms with van der Waals surface area (Å²) in [5, 5.41) is 0. The zero-order valence-electron chi connectivity index (χ0n) is 12.8. The molecule has 1 unspecified atom stereocenters. The van der Waals surface area contributed by atoms with Crippen LogP contribution in [-0.2, 0) is 12.8 Å². The Bertz CT molecular complexity index is 583. The average Bonchev–Trinajstić information content (AvgIpc) is 2.47. The van der Waals surface area contributed by atoms with Gasteiger partial charge in [0.25, 0.3) is 0 Å². The van der Waals surface area contributed by atoms with Gasteiger partial charge in [0.05, 0.1) is 14.2 Å². The Morgan fingerprint density at radius 2 is 1.81 bits per heavy atom. The standard InChI is InChI=1S/C17H22N2O2/c1-17(18,12-14-6-4-5-9-19-14)11-13-7-8-15(20-2)16(10-13)21-3/h4-10H,11-12,18H2,1-3H3. The molecule has 2 aromatic rings. The molecule has 1 aromatic carbocycles. The highest BCUT2D eigenvalue weighted by Crippen LogP contribution is 2.29. The molecule has 0 spiro atoms. The SMILES string of the molecule is COc1ccc(CC(C)(N)Cc2ccccn2)cc1OC. The Labute approximate surface area is 125 Å². The second kappa shape index (κ2) is 6.59. The Morgan fingerprint density at radius 3 is 2.43 bits per heavy atom. The number of ether oxygens (including phenoxy) is 2. The Balaban J connectivity index is 2.12. The van der Waals surface area contributed by atoms with E-state index in [0.717, 1.165) is 35.6 Å². The predicted octanol–water partition coefficient (Wildman–Crippen LogP) is 2.60. The third-order valence-corrected chi connectivity index (χ3v) is 3.37. The van der Waals surface area contributed by atoms with Gasteiger partial charge in [-0.05, 0) is 43.2 Å². The van der Waals surface area contributed by atoms with Crippen LogP contribution in [0.1, 0.15) is 18.2 Å². The van der Waals surface area contributed by atoms with Gasteiger partial charge in [0.2, 0.25) is 0 Å². The van der Waals surface area contributed by atoms with Crippen LogP contribution < -0.4 is 15.2 Å². The zero-order chi connectivity index (χ0) is 15.3. The molecule has 0 amide bonds. The fraction of sp³-hybridized carbons (Fsp3) is 0.353. The molecule has 0 saturated heterocycles. The number of methoxy groups -OCH3 is 2. The molecular formula is C17H22N2O2. The molecule has 112 valence electrons. The molecule has 1 heterocycles. The van der Waals surface area contributed by atoms with Gasteiger partial charge in [-0.15, -0.1) is 0 Å². The summed E-state index contributed by atoms with van der Waals surface area (Å²) in [7, 11) is 3.27. The van der Waals surface area contributed by atoms with E-state index in [4.69, 9.17) is 15.2 Å². The first kappa shape index (κ1) is 15.3. The summed E-state index contributed by atoms with van der Waals surface area (Å²) in [6.07, 6.45) is 3.26. The van der Waals surface area contributed by atoms with Crippen LogP contribution in [0.3, 0.4) is 0 Å². The van der Waals surface area contributed by atoms with E-state index in [9.17, 15) is 0 Å². The maximum absolute atomic E-state index is 6.43. The normalized spacial score (nSPS) is 13.5. The van der Waals surface area contributed by atoms with Crippen molar-refractivity contribution in [1.82, 2.24) is 4.98 Å². The molecule has 0 radical (unpaired) electrons. The van der Waals surface area contributed by atoms with Crippen molar-refractivity contribution in [3.05, 3.63) is 53.9 Å². The van der Waals surface area contributed by atoms with Crippen LogP contribution >= 0.6 is 0 Å². The molecule has 0 aliphatic carbocycles. The molecule has 21 heavy (non-hydrogen) atoms. The minimum atomic E-state index is -0.367. The third kappa shape index (κ3) is 4.20. The number of aromatic nitrogens is 1. The highest BCUT2D eigenvalue weighted by molar-refractivity contribution is 5.43. The van der Waals surface area contributed by atoms with Crippen LogP contribution in [0.5, 0.6) is 11.5 Å². The maximum atomic E-state index is 6.43. The van der Waals surface area contributed by atoms with E-state index in [2.05, 4.69) is 4.98 Å². The highest BCUT2D eigenvalue weighted by atomic mass is 16.5. The van der Waals surface area contributed by atoms with Gasteiger partial charge >= 0.3 is 0 Å². The van der Waals surface area contributed by atoms with E-state index in [1.165, 1.54) is 0 Å². The molecule has 2 N–H and O–H groups in total. The lowest BCUT2D eigenvalue weighted by Crippen LogP contribution is -2.41. The molecule has 2 rings (SSSR count). The summed E-state index contributed by atoms with van der Waals surface area (Å²) in [4.78, 5) is 4.34. The summed E-state index contributed by atoms with van der Waals surface area (Å²) in [5.74, 6) is 1.45. The first-order valence-electron chi connectivity index (χ1n) is 6.94. The van der Waals surface area contributed by atoms with Gasteiger partial charge in [0.1, 0.15) is 0 Å². The van der Waals surface area contributed by atoms with Crippen molar-refractivity contribution < 1.29 is 9.47 Å². The molecule has 1 atom stereocenters. The van der Waals surface area contributed by atoms with Crippen LogP contribution in [0.2, 0.25) is 0 Å². The van der Waals surface area contributed by atoms with Gasteiger partial charge in [-0.3, -0.25) is 4.98 Å². The van der Waals surface area contributed by atoms with Gasteiger partial charge in [-0.1, -0.05) is 12.1 Å². The molecule has 0 bridgehead atoms. The zero-order valence-corrected chi connectivity index (χ0v) is 12.8. The van der Waals surface area contributed by atoms with Crippen molar-refractivity contribution in [2.45, 2.75) is 25.3 Å². The van der Waals surface area contributed by atoms with Crippen LogP contribution in [0.15, 0.2) is 42.6 Å². The van der Waals surface area contributed by atoms with Crippen molar-refractivity contribution in [1.29, 1.82) is 0 Å². The number of hydrogen-bond acceptors (Lipinski definition) is 4. The molecular weight excluding hydrogens is 264 g/mol. The van der Waals surface area contributed by atoms with Gasteiger partial charge in [-0.25, -0.2) is 0 Å². The molecule has 4 nitrogen and oxygen atoms in total. The Hall–Kier alpha value is -2.07. The molecule has 4 heteroatoms. The van der Waals surface area contributed by atoms with Gasteiger partial charge < -0.3 is 15.2 Å². The maximum Gasteiger partial charge on any atom is 0.160 e. The summed E-state index contributed by atoms with van der Waals surface area (Å²) in [6.45, 7) is 2.04. The lowest BCUT2D eigenvalue weighted by atomic mass is 9.89. The van der Waals surface area contributed by atoms with E-state index < -0.39 is 0 Å². The summed E-state index contributed by atoms with van der Waals surface area (Å²) < 4.78 is 10.6. The minimum absolute atomic E-state index is 0.367. The topological polar surface area (TPSA) is 57.4 Å². The first-order valence-corrected chi connectivity index (χ1v) is 6.94. The summed E-state index contributed by atoms with van der Waals surface area (Å²) >= 11 is 0. The second-order valence-electron chi connectivity index (χ2n) is 5.52. The highest BCUT2D eigenvalue weighted by Gasteiger charge is 2.21. The lowest BCUT2D eigenvalue weighted by Gasteiger charge is -2.25. The average molecular weight is 286 g/mol. The van der Waals surface area contributed by atoms with Crippen molar-refractivity contribution >= 4 is 0 Å². The van der Waals surface area contributed by atoms with Crippen molar-refractivity contribution in [2.24, 2.45) is 5.73 Å². The molecule has 0 aliphatic heterocycles.